The van der Waals surface area contributed by atoms with Gasteiger partial charge in [-0.3, -0.25) is 0 Å². The van der Waals surface area contributed by atoms with E-state index in [1.807, 2.05) is 54.6 Å². The predicted octanol–water partition coefficient (Wildman–Crippen LogP) is 7.29. The lowest BCUT2D eigenvalue weighted by atomic mass is 10.1. The van der Waals surface area contributed by atoms with Gasteiger partial charge in [-0.2, -0.15) is 0 Å². The van der Waals surface area contributed by atoms with Gasteiger partial charge in [0.25, 0.3) is 0 Å². The molecule has 0 fully saturated rings. The molecule has 0 aliphatic carbocycles. The molecule has 0 saturated carbocycles. The first-order valence-electron chi connectivity index (χ1n) is 10.1. The Kier molecular flexibility index (Phi) is 6.15. The van der Waals surface area contributed by atoms with Crippen LogP contribution in [0.1, 0.15) is 11.1 Å². The van der Waals surface area contributed by atoms with Gasteiger partial charge in [-0.25, -0.2) is 0 Å². The second-order valence-corrected chi connectivity index (χ2v) is 7.09. The molecule has 152 valence electrons. The summed E-state index contributed by atoms with van der Waals surface area (Å²) in [6.45, 7) is 0. The molecule has 3 nitrogen and oxygen atoms in total. The van der Waals surface area contributed by atoms with Gasteiger partial charge in [0.2, 0.25) is 0 Å². The lowest BCUT2D eigenvalue weighted by molar-refractivity contribution is 0.475. The van der Waals surface area contributed by atoms with E-state index < -0.39 is 0 Å². The molecule has 0 bridgehead atoms. The third-order valence-electron chi connectivity index (χ3n) is 4.86. The smallest absolute Gasteiger partial charge is 0.115 e. The summed E-state index contributed by atoms with van der Waals surface area (Å²) in [6, 6.07) is 32.6. The van der Waals surface area contributed by atoms with Crippen molar-refractivity contribution in [3.05, 3.63) is 126 Å². The lowest BCUT2D eigenvalue weighted by Crippen LogP contribution is -2.09. The lowest BCUT2D eigenvalue weighted by Gasteiger charge is -2.25. The van der Waals surface area contributed by atoms with Crippen LogP contribution in [-0.2, 0) is 0 Å². The Balaban J connectivity index is 1.57. The molecule has 0 spiro atoms. The maximum absolute atomic E-state index is 9.66. The molecule has 2 N–H and O–H groups in total. The highest BCUT2D eigenvalue weighted by Gasteiger charge is 2.12. The number of hydrogen-bond donors (Lipinski definition) is 2. The molecule has 0 aromatic heterocycles. The topological polar surface area (TPSA) is 43.7 Å². The number of aromatic hydroxyl groups is 2. The van der Waals surface area contributed by atoms with Crippen molar-refractivity contribution in [1.82, 2.24) is 0 Å². The molecule has 0 amide bonds. The zero-order chi connectivity index (χ0) is 21.5. The zero-order valence-corrected chi connectivity index (χ0v) is 17.0. The molecule has 0 atom stereocenters. The van der Waals surface area contributed by atoms with Crippen LogP contribution >= 0.6 is 0 Å². The van der Waals surface area contributed by atoms with Crippen molar-refractivity contribution in [3.63, 3.8) is 0 Å². The van der Waals surface area contributed by atoms with Gasteiger partial charge in [-0.15, -0.1) is 0 Å². The Hall–Kier alpha value is -4.24. The highest BCUT2D eigenvalue weighted by molar-refractivity contribution is 5.77. The van der Waals surface area contributed by atoms with Gasteiger partial charge in [-0.05, 0) is 71.8 Å². The first-order valence-corrected chi connectivity index (χ1v) is 10.1. The van der Waals surface area contributed by atoms with Gasteiger partial charge < -0.3 is 15.1 Å². The van der Waals surface area contributed by atoms with Crippen LogP contribution in [-0.4, -0.2) is 10.2 Å². The van der Waals surface area contributed by atoms with Gasteiger partial charge in [0.15, 0.2) is 0 Å². The van der Waals surface area contributed by atoms with Crippen molar-refractivity contribution >= 4 is 29.2 Å². The van der Waals surface area contributed by atoms with Crippen LogP contribution in [0.25, 0.3) is 12.2 Å². The molecule has 3 heteroatoms. The summed E-state index contributed by atoms with van der Waals surface area (Å²) in [5.41, 5.74) is 5.07. The quantitative estimate of drug-likeness (QED) is 0.331. The summed E-state index contributed by atoms with van der Waals surface area (Å²) in [5, 5.41) is 19.3. The molecule has 4 aromatic rings. The number of anilines is 3. The van der Waals surface area contributed by atoms with Crippen molar-refractivity contribution < 1.29 is 10.2 Å². The second-order valence-electron chi connectivity index (χ2n) is 7.09. The Labute approximate surface area is 182 Å². The average molecular weight is 405 g/mol. The second kappa shape index (κ2) is 9.51. The Bertz CT molecular complexity index is 1120. The first kappa shape index (κ1) is 20.0. The number of benzene rings is 4. The SMILES string of the molecule is Oc1ccc(N(c2ccc(O)cc2)c2ccc(/C=C/C=C/c3ccccc3)cc2)cc1. The Morgan fingerprint density at radius 3 is 1.29 bits per heavy atom. The number of allylic oxidation sites excluding steroid dienone is 2. The fourth-order valence-electron chi connectivity index (χ4n) is 3.28. The standard InChI is InChI=1S/C28H23NO2/c30-27-18-14-25(15-19-27)29(26-16-20-28(31)21-17-26)24-12-10-23(11-13-24)9-5-4-8-22-6-2-1-3-7-22/h1-21,30-31H/b8-4+,9-5+. The predicted molar refractivity (Wildman–Crippen MR) is 129 cm³/mol. The van der Waals surface area contributed by atoms with E-state index >= 15 is 0 Å². The van der Waals surface area contributed by atoms with Gasteiger partial charge in [-0.1, -0.05) is 66.8 Å². The van der Waals surface area contributed by atoms with Crippen LogP contribution in [0.4, 0.5) is 17.1 Å². The summed E-state index contributed by atoms with van der Waals surface area (Å²) in [5.74, 6) is 0.442. The summed E-state index contributed by atoms with van der Waals surface area (Å²) >= 11 is 0. The number of hydrogen-bond acceptors (Lipinski definition) is 3. The van der Waals surface area contributed by atoms with Crippen molar-refractivity contribution in [3.8, 4) is 11.5 Å². The molecule has 4 aromatic carbocycles. The number of phenolic OH excluding ortho intramolecular Hbond substituents is 2. The van der Waals surface area contributed by atoms with Gasteiger partial charge in [0, 0.05) is 17.1 Å². The molecule has 31 heavy (non-hydrogen) atoms. The minimum Gasteiger partial charge on any atom is -0.508 e. The molecule has 0 radical (unpaired) electrons. The first-order chi connectivity index (χ1) is 15.2. The summed E-state index contributed by atoms with van der Waals surface area (Å²) in [7, 11) is 0. The number of phenols is 2. The van der Waals surface area contributed by atoms with E-state index in [-0.39, 0.29) is 11.5 Å². The van der Waals surface area contributed by atoms with E-state index in [1.165, 1.54) is 5.56 Å². The van der Waals surface area contributed by atoms with E-state index in [0.717, 1.165) is 22.6 Å². The normalized spacial score (nSPS) is 11.2. The van der Waals surface area contributed by atoms with Crippen LogP contribution in [0.15, 0.2) is 115 Å². The highest BCUT2D eigenvalue weighted by Crippen LogP contribution is 2.35. The van der Waals surface area contributed by atoms with Crippen LogP contribution in [0.2, 0.25) is 0 Å². The zero-order valence-electron chi connectivity index (χ0n) is 17.0. The fraction of sp³-hybridized carbons (Fsp3) is 0. The van der Waals surface area contributed by atoms with E-state index in [4.69, 9.17) is 0 Å². The van der Waals surface area contributed by atoms with Crippen molar-refractivity contribution in [2.75, 3.05) is 4.90 Å². The Morgan fingerprint density at radius 2 is 0.839 bits per heavy atom. The summed E-state index contributed by atoms with van der Waals surface area (Å²) < 4.78 is 0. The third-order valence-corrected chi connectivity index (χ3v) is 4.86. The molecule has 0 heterocycles. The molecule has 0 saturated heterocycles. The van der Waals surface area contributed by atoms with E-state index in [1.54, 1.807) is 24.3 Å². The van der Waals surface area contributed by atoms with E-state index in [0.29, 0.717) is 0 Å². The van der Waals surface area contributed by atoms with Gasteiger partial charge >= 0.3 is 0 Å². The minimum absolute atomic E-state index is 0.221. The van der Waals surface area contributed by atoms with Crippen LogP contribution in [0, 0.1) is 0 Å². The largest absolute Gasteiger partial charge is 0.508 e. The number of nitrogens with zero attached hydrogens (tertiary/aromatic N) is 1. The van der Waals surface area contributed by atoms with Gasteiger partial charge in [0.1, 0.15) is 11.5 Å². The molecule has 4 rings (SSSR count). The van der Waals surface area contributed by atoms with Crippen molar-refractivity contribution in [1.29, 1.82) is 0 Å². The van der Waals surface area contributed by atoms with Crippen LogP contribution in [0.3, 0.4) is 0 Å². The highest BCUT2D eigenvalue weighted by atomic mass is 16.3. The van der Waals surface area contributed by atoms with Gasteiger partial charge in [0.05, 0.1) is 0 Å². The monoisotopic (exact) mass is 405 g/mol. The third kappa shape index (κ3) is 5.22. The van der Waals surface area contributed by atoms with E-state index in [9.17, 15) is 10.2 Å². The molecular weight excluding hydrogens is 382 g/mol. The van der Waals surface area contributed by atoms with Crippen LogP contribution < -0.4 is 4.90 Å². The molecule has 0 aliphatic rings. The fourth-order valence-corrected chi connectivity index (χ4v) is 3.28. The summed E-state index contributed by atoms with van der Waals surface area (Å²) in [4.78, 5) is 2.07. The maximum atomic E-state index is 9.66. The van der Waals surface area contributed by atoms with E-state index in [2.05, 4.69) is 53.5 Å². The molecule has 0 aliphatic heterocycles. The average Bonchev–Trinajstić information content (AvgIpc) is 2.81. The van der Waals surface area contributed by atoms with Crippen LogP contribution in [0.5, 0.6) is 11.5 Å². The Morgan fingerprint density at radius 1 is 0.452 bits per heavy atom. The summed E-state index contributed by atoms with van der Waals surface area (Å²) in [6.07, 6.45) is 8.19. The number of rotatable bonds is 6. The molecular formula is C28H23NO2. The van der Waals surface area contributed by atoms with Crippen molar-refractivity contribution in [2.24, 2.45) is 0 Å². The molecule has 0 unspecified atom stereocenters. The van der Waals surface area contributed by atoms with Crippen molar-refractivity contribution in [2.45, 2.75) is 0 Å². The maximum Gasteiger partial charge on any atom is 0.115 e. The minimum atomic E-state index is 0.221.